The van der Waals surface area contributed by atoms with Crippen molar-refractivity contribution in [2.45, 2.75) is 0 Å². The van der Waals surface area contributed by atoms with Crippen LogP contribution in [0.2, 0.25) is 0 Å². The molecule has 1 amide bonds. The lowest BCUT2D eigenvalue weighted by atomic mass is 10.8. The monoisotopic (exact) mass is 148 g/mol. The number of amides is 1. The largest absolute Gasteiger partial charge is 0.323 e. The van der Waals surface area contributed by atoms with Crippen LogP contribution in [0.1, 0.15) is 0 Å². The molecule has 0 aliphatic heterocycles. The van der Waals surface area contributed by atoms with Gasteiger partial charge in [-0.05, 0) is 0 Å². The van der Waals surface area contributed by atoms with Crippen molar-refractivity contribution in [3.8, 4) is 0 Å². The van der Waals surface area contributed by atoms with Crippen molar-refractivity contribution in [1.82, 2.24) is 4.72 Å². The summed E-state index contributed by atoms with van der Waals surface area (Å²) in [6.07, 6.45) is 2.24. The number of hydrogen-bond acceptors (Lipinski definition) is 3. The van der Waals surface area contributed by atoms with Gasteiger partial charge in [0.1, 0.15) is 0 Å². The van der Waals surface area contributed by atoms with Crippen molar-refractivity contribution in [1.29, 1.82) is 0 Å². The fourth-order valence-electron chi connectivity index (χ4n) is 0.260. The van der Waals surface area contributed by atoms with Gasteiger partial charge in [0.2, 0.25) is 10.0 Å². The van der Waals surface area contributed by atoms with Crippen LogP contribution in [0.5, 0.6) is 0 Å². The van der Waals surface area contributed by atoms with Crippen LogP contribution in [0.15, 0.2) is 12.7 Å². The van der Waals surface area contributed by atoms with Gasteiger partial charge in [0.15, 0.2) is 0 Å². The molecule has 0 bridgehead atoms. The van der Waals surface area contributed by atoms with E-state index in [0.717, 1.165) is 6.41 Å². The summed E-state index contributed by atoms with van der Waals surface area (Å²) in [7, 11) is -3.47. The molecule has 0 heterocycles. The zero-order chi connectivity index (χ0) is 7.33. The molecule has 0 saturated heterocycles. The van der Waals surface area contributed by atoms with Crippen molar-refractivity contribution in [3.05, 3.63) is 12.7 Å². The second-order valence-electron chi connectivity index (χ2n) is 1.27. The fraction of sp³-hybridized carbons (Fsp3) is 0.250. The topological polar surface area (TPSA) is 63.2 Å². The quantitative estimate of drug-likeness (QED) is 0.417. The van der Waals surface area contributed by atoms with Crippen LogP contribution in [0.3, 0.4) is 0 Å². The smallest absolute Gasteiger partial charge is 0.263 e. The van der Waals surface area contributed by atoms with Gasteiger partial charge in [-0.3, -0.25) is 4.79 Å². The van der Waals surface area contributed by atoms with E-state index >= 15 is 0 Å². The maximum Gasteiger partial charge on any atom is 0.323 e. The molecule has 0 aromatic rings. The molecule has 0 unspecified atom stereocenters. The Labute approximate surface area is 53.6 Å². The predicted molar refractivity (Wildman–Crippen MR) is 32.8 cm³/mol. The van der Waals surface area contributed by atoms with Gasteiger partial charge in [-0.2, -0.15) is 0 Å². The van der Waals surface area contributed by atoms with E-state index in [-0.39, 0.29) is 5.75 Å². The van der Waals surface area contributed by atoms with Crippen LogP contribution in [0.4, 0.5) is 0 Å². The highest BCUT2D eigenvalue weighted by atomic mass is 32.2. The standard InChI is InChI=1S/C4H6NO3S/c1-2-3-9(7,8)5-4-6/h2H,1,3H2,(H,5,6). The first-order valence-electron chi connectivity index (χ1n) is 2.10. The maximum absolute atomic E-state index is 10.4. The summed E-state index contributed by atoms with van der Waals surface area (Å²) < 4.78 is 22.3. The van der Waals surface area contributed by atoms with Gasteiger partial charge in [0.05, 0.1) is 5.75 Å². The summed E-state index contributed by atoms with van der Waals surface area (Å²) >= 11 is 0. The van der Waals surface area contributed by atoms with Gasteiger partial charge >= 0.3 is 6.41 Å². The van der Waals surface area contributed by atoms with Crippen molar-refractivity contribution < 1.29 is 13.2 Å². The molecule has 1 radical (unpaired) electrons. The number of rotatable bonds is 4. The summed E-state index contributed by atoms with van der Waals surface area (Å²) in [4.78, 5) is 9.45. The van der Waals surface area contributed by atoms with Gasteiger partial charge in [-0.15, -0.1) is 6.58 Å². The van der Waals surface area contributed by atoms with Crippen LogP contribution in [-0.4, -0.2) is 20.6 Å². The van der Waals surface area contributed by atoms with Crippen molar-refractivity contribution in [2.75, 3.05) is 5.75 Å². The Kier molecular flexibility index (Phi) is 2.94. The molecule has 0 fully saturated rings. The normalized spacial score (nSPS) is 10.2. The SMILES string of the molecule is C=CCS(=O)(=O)N[C]=O. The molecule has 9 heavy (non-hydrogen) atoms. The summed E-state index contributed by atoms with van der Waals surface area (Å²) in [5.41, 5.74) is 0. The van der Waals surface area contributed by atoms with Gasteiger partial charge < -0.3 is 0 Å². The minimum atomic E-state index is -3.47. The number of carbonyl (C=O) groups excluding carboxylic acids is 1. The predicted octanol–water partition coefficient (Wildman–Crippen LogP) is -0.841. The average Bonchev–Trinajstić information content (AvgIpc) is 1.64. The first kappa shape index (κ1) is 8.16. The minimum Gasteiger partial charge on any atom is -0.263 e. The Balaban J connectivity index is 4.03. The van der Waals surface area contributed by atoms with Crippen molar-refractivity contribution in [3.63, 3.8) is 0 Å². The van der Waals surface area contributed by atoms with E-state index in [0.29, 0.717) is 0 Å². The first-order chi connectivity index (χ1) is 4.12. The number of nitrogens with one attached hydrogen (secondary N) is 1. The molecule has 0 rings (SSSR count). The molecule has 0 aromatic heterocycles. The Bertz CT molecular complexity index is 178. The third-order valence-corrected chi connectivity index (χ3v) is 1.60. The third kappa shape index (κ3) is 3.72. The average molecular weight is 148 g/mol. The number of hydrogen-bond donors (Lipinski definition) is 1. The zero-order valence-electron chi connectivity index (χ0n) is 4.62. The van der Waals surface area contributed by atoms with Gasteiger partial charge in [0, 0.05) is 0 Å². The highest BCUT2D eigenvalue weighted by Gasteiger charge is 2.03. The highest BCUT2D eigenvalue weighted by molar-refractivity contribution is 7.90. The lowest BCUT2D eigenvalue weighted by molar-refractivity contribution is 0.547. The number of sulfonamides is 1. The minimum absolute atomic E-state index is 0.262. The van der Waals surface area contributed by atoms with Crippen LogP contribution < -0.4 is 4.72 Å². The van der Waals surface area contributed by atoms with Crippen LogP contribution in [0, 0.1) is 0 Å². The van der Waals surface area contributed by atoms with Crippen molar-refractivity contribution >= 4 is 16.4 Å². The molecular weight excluding hydrogens is 142 g/mol. The van der Waals surface area contributed by atoms with Crippen LogP contribution in [0.25, 0.3) is 0 Å². The summed E-state index contributed by atoms with van der Waals surface area (Å²) in [6, 6.07) is 0. The molecular formula is C4H6NO3S. The molecule has 1 N–H and O–H groups in total. The Hall–Kier alpha value is -0.840. The second-order valence-corrected chi connectivity index (χ2v) is 3.04. The molecule has 0 aliphatic carbocycles. The lowest BCUT2D eigenvalue weighted by Crippen LogP contribution is -2.23. The summed E-state index contributed by atoms with van der Waals surface area (Å²) in [6.45, 7) is 3.18. The molecule has 0 aromatic carbocycles. The molecule has 0 atom stereocenters. The Morgan fingerprint density at radius 1 is 1.67 bits per heavy atom. The Morgan fingerprint density at radius 3 is 2.56 bits per heavy atom. The van der Waals surface area contributed by atoms with Crippen molar-refractivity contribution in [2.24, 2.45) is 0 Å². The Morgan fingerprint density at radius 2 is 2.22 bits per heavy atom. The highest BCUT2D eigenvalue weighted by Crippen LogP contribution is 1.79. The summed E-state index contributed by atoms with van der Waals surface area (Å²) in [5.74, 6) is -0.262. The lowest BCUT2D eigenvalue weighted by Gasteiger charge is -1.92. The second kappa shape index (κ2) is 3.24. The molecule has 51 valence electrons. The van der Waals surface area contributed by atoms with E-state index < -0.39 is 10.0 Å². The zero-order valence-corrected chi connectivity index (χ0v) is 5.44. The van der Waals surface area contributed by atoms with E-state index in [1.54, 1.807) is 0 Å². The van der Waals surface area contributed by atoms with E-state index in [4.69, 9.17) is 0 Å². The molecule has 5 heteroatoms. The molecule has 0 aliphatic rings. The van der Waals surface area contributed by atoms with Crippen LogP contribution >= 0.6 is 0 Å². The van der Waals surface area contributed by atoms with E-state index in [9.17, 15) is 13.2 Å². The van der Waals surface area contributed by atoms with Gasteiger partial charge in [0.25, 0.3) is 0 Å². The fourth-order valence-corrected chi connectivity index (χ4v) is 0.781. The summed E-state index contributed by atoms with van der Waals surface area (Å²) in [5, 5.41) is 0. The molecule has 0 spiro atoms. The van der Waals surface area contributed by atoms with E-state index in [2.05, 4.69) is 6.58 Å². The van der Waals surface area contributed by atoms with E-state index in [1.807, 2.05) is 0 Å². The third-order valence-electron chi connectivity index (χ3n) is 0.534. The van der Waals surface area contributed by atoms with Gasteiger partial charge in [-0.25, -0.2) is 13.1 Å². The maximum atomic E-state index is 10.4. The van der Waals surface area contributed by atoms with Gasteiger partial charge in [-0.1, -0.05) is 6.08 Å². The van der Waals surface area contributed by atoms with Crippen LogP contribution in [-0.2, 0) is 14.8 Å². The molecule has 0 saturated carbocycles. The molecule has 4 nitrogen and oxygen atoms in total. The van der Waals surface area contributed by atoms with E-state index in [1.165, 1.54) is 10.8 Å². The first-order valence-corrected chi connectivity index (χ1v) is 3.75.